The molecule has 2 aromatic heterocycles. The number of carbonyl (C=O) groups is 1. The molecular weight excluding hydrogens is 266 g/mol. The van der Waals surface area contributed by atoms with Crippen molar-refractivity contribution in [3.8, 4) is 0 Å². The average molecular weight is 289 g/mol. The highest BCUT2D eigenvalue weighted by atomic mass is 16.2. The first-order chi connectivity index (χ1) is 9.85. The number of hydrogen-bond donors (Lipinski definition) is 2. The monoisotopic (exact) mass is 289 g/mol. The van der Waals surface area contributed by atoms with Crippen LogP contribution < -0.4 is 10.6 Å². The van der Waals surface area contributed by atoms with E-state index < -0.39 is 5.41 Å². The van der Waals surface area contributed by atoms with Gasteiger partial charge in [-0.1, -0.05) is 0 Å². The smallest absolute Gasteiger partial charge is 0.226 e. The molecule has 0 radical (unpaired) electrons. The lowest BCUT2D eigenvalue weighted by Crippen LogP contribution is -2.41. The van der Waals surface area contributed by atoms with E-state index in [1.807, 2.05) is 34.0 Å². The minimum atomic E-state index is -0.434. The van der Waals surface area contributed by atoms with Gasteiger partial charge in [-0.15, -0.1) is 0 Å². The van der Waals surface area contributed by atoms with Gasteiger partial charge >= 0.3 is 0 Å². The second kappa shape index (κ2) is 5.81. The zero-order chi connectivity index (χ0) is 15.6. The minimum Gasteiger partial charge on any atom is -0.359 e. The third-order valence-electron chi connectivity index (χ3n) is 3.66. The van der Waals surface area contributed by atoms with Gasteiger partial charge in [0.15, 0.2) is 5.65 Å². The Labute approximate surface area is 124 Å². The maximum absolute atomic E-state index is 11.7. The average Bonchev–Trinajstić information content (AvgIpc) is 2.72. The standard InChI is InChI=1S/C15H23N5O/c1-10-12-6-11(8-18-13(12)20(5)19-10)7-17-9-15(2,3)14(21)16-4/h6,8,17H,7,9H2,1-5H3,(H,16,21). The molecule has 6 nitrogen and oxygen atoms in total. The molecule has 0 atom stereocenters. The van der Waals surface area contributed by atoms with Gasteiger partial charge in [0.1, 0.15) is 0 Å². The Morgan fingerprint density at radius 1 is 1.43 bits per heavy atom. The molecule has 0 aromatic carbocycles. The van der Waals surface area contributed by atoms with Crippen molar-refractivity contribution in [2.24, 2.45) is 12.5 Å². The van der Waals surface area contributed by atoms with Gasteiger partial charge in [-0.3, -0.25) is 9.48 Å². The number of nitrogens with zero attached hydrogens (tertiary/aromatic N) is 3. The van der Waals surface area contributed by atoms with Crippen molar-refractivity contribution >= 4 is 16.9 Å². The highest BCUT2D eigenvalue weighted by Crippen LogP contribution is 2.17. The number of fused-ring (bicyclic) bond motifs is 1. The van der Waals surface area contributed by atoms with Gasteiger partial charge in [-0.25, -0.2) is 4.98 Å². The summed E-state index contributed by atoms with van der Waals surface area (Å²) in [7, 11) is 3.55. The fourth-order valence-corrected chi connectivity index (χ4v) is 2.39. The third-order valence-corrected chi connectivity index (χ3v) is 3.66. The van der Waals surface area contributed by atoms with Crippen molar-refractivity contribution in [3.05, 3.63) is 23.5 Å². The first-order valence-electron chi connectivity index (χ1n) is 7.06. The molecule has 0 saturated heterocycles. The number of nitrogens with one attached hydrogen (secondary N) is 2. The molecule has 2 N–H and O–H groups in total. The van der Waals surface area contributed by atoms with E-state index in [9.17, 15) is 4.79 Å². The Hall–Kier alpha value is -1.95. The van der Waals surface area contributed by atoms with Crippen molar-refractivity contribution in [1.29, 1.82) is 0 Å². The summed E-state index contributed by atoms with van der Waals surface area (Å²) in [6.45, 7) is 7.11. The molecule has 0 aliphatic heterocycles. The van der Waals surface area contributed by atoms with E-state index in [0.29, 0.717) is 13.1 Å². The van der Waals surface area contributed by atoms with Crippen LogP contribution >= 0.6 is 0 Å². The van der Waals surface area contributed by atoms with E-state index >= 15 is 0 Å². The van der Waals surface area contributed by atoms with Crippen LogP contribution in [0.2, 0.25) is 0 Å². The summed E-state index contributed by atoms with van der Waals surface area (Å²) < 4.78 is 1.79. The van der Waals surface area contributed by atoms with E-state index in [1.54, 1.807) is 11.7 Å². The molecule has 2 aromatic rings. The lowest BCUT2D eigenvalue weighted by atomic mass is 9.92. The number of amides is 1. The molecular formula is C15H23N5O. The third kappa shape index (κ3) is 3.21. The van der Waals surface area contributed by atoms with Crippen molar-refractivity contribution in [2.75, 3.05) is 13.6 Å². The minimum absolute atomic E-state index is 0.0340. The van der Waals surface area contributed by atoms with Gasteiger partial charge in [0.05, 0.1) is 11.1 Å². The van der Waals surface area contributed by atoms with E-state index in [4.69, 9.17) is 0 Å². The molecule has 0 spiro atoms. The Morgan fingerprint density at radius 2 is 2.14 bits per heavy atom. The summed E-state index contributed by atoms with van der Waals surface area (Å²) in [6, 6.07) is 2.10. The Balaban J connectivity index is 2.04. The molecule has 0 saturated carbocycles. The first kappa shape index (κ1) is 15.4. The second-order valence-corrected chi connectivity index (χ2v) is 5.99. The topological polar surface area (TPSA) is 71.8 Å². The predicted molar refractivity (Wildman–Crippen MR) is 82.8 cm³/mol. The van der Waals surface area contributed by atoms with E-state index in [0.717, 1.165) is 22.3 Å². The van der Waals surface area contributed by atoms with Crippen LogP contribution in [0.25, 0.3) is 11.0 Å². The molecule has 0 aliphatic carbocycles. The summed E-state index contributed by atoms with van der Waals surface area (Å²) in [6.07, 6.45) is 1.85. The molecule has 2 rings (SSSR count). The van der Waals surface area contributed by atoms with Gasteiger partial charge in [-0.05, 0) is 32.4 Å². The number of carbonyl (C=O) groups excluding carboxylic acids is 1. The maximum atomic E-state index is 11.7. The highest BCUT2D eigenvalue weighted by molar-refractivity contribution is 5.81. The summed E-state index contributed by atoms with van der Waals surface area (Å²) in [5.41, 5.74) is 2.53. The summed E-state index contributed by atoms with van der Waals surface area (Å²) in [4.78, 5) is 16.2. The van der Waals surface area contributed by atoms with Gasteiger partial charge in [-0.2, -0.15) is 5.10 Å². The highest BCUT2D eigenvalue weighted by Gasteiger charge is 2.25. The summed E-state index contributed by atoms with van der Waals surface area (Å²) >= 11 is 0. The SMILES string of the molecule is CNC(=O)C(C)(C)CNCc1cnc2c(c1)c(C)nn2C. The van der Waals surface area contributed by atoms with Crippen molar-refractivity contribution in [2.45, 2.75) is 27.3 Å². The lowest BCUT2D eigenvalue weighted by molar-refractivity contribution is -0.128. The van der Waals surface area contributed by atoms with Gasteiger partial charge in [0.2, 0.25) is 5.91 Å². The fourth-order valence-electron chi connectivity index (χ4n) is 2.39. The molecule has 114 valence electrons. The van der Waals surface area contributed by atoms with Crippen LogP contribution in [-0.2, 0) is 18.4 Å². The molecule has 21 heavy (non-hydrogen) atoms. The van der Waals surface area contributed by atoms with Crippen LogP contribution in [0.3, 0.4) is 0 Å². The molecule has 1 amide bonds. The largest absolute Gasteiger partial charge is 0.359 e. The summed E-state index contributed by atoms with van der Waals surface area (Å²) in [5.74, 6) is 0.0340. The van der Waals surface area contributed by atoms with Crippen LogP contribution in [0, 0.1) is 12.3 Å². The van der Waals surface area contributed by atoms with Crippen LogP contribution in [0.5, 0.6) is 0 Å². The maximum Gasteiger partial charge on any atom is 0.226 e. The quantitative estimate of drug-likeness (QED) is 0.866. The molecule has 2 heterocycles. The predicted octanol–water partition coefficient (Wildman–Crippen LogP) is 1.14. The Kier molecular flexibility index (Phi) is 4.27. The van der Waals surface area contributed by atoms with E-state index in [2.05, 4.69) is 26.8 Å². The molecule has 6 heteroatoms. The second-order valence-electron chi connectivity index (χ2n) is 5.99. The van der Waals surface area contributed by atoms with Gasteiger partial charge in [0.25, 0.3) is 0 Å². The van der Waals surface area contributed by atoms with Crippen molar-refractivity contribution in [3.63, 3.8) is 0 Å². The van der Waals surface area contributed by atoms with E-state index in [1.165, 1.54) is 0 Å². The van der Waals surface area contributed by atoms with Gasteiger partial charge < -0.3 is 10.6 Å². The molecule has 0 bridgehead atoms. The van der Waals surface area contributed by atoms with Crippen molar-refractivity contribution < 1.29 is 4.79 Å². The van der Waals surface area contributed by atoms with Gasteiger partial charge in [0, 0.05) is 38.8 Å². The zero-order valence-corrected chi connectivity index (χ0v) is 13.3. The summed E-state index contributed by atoms with van der Waals surface area (Å²) in [5, 5.41) is 11.4. The lowest BCUT2D eigenvalue weighted by Gasteiger charge is -2.22. The fraction of sp³-hybridized carbons (Fsp3) is 0.533. The molecule has 0 fully saturated rings. The Morgan fingerprint density at radius 3 is 2.81 bits per heavy atom. The Bertz CT molecular complexity index is 659. The number of hydrogen-bond acceptors (Lipinski definition) is 4. The normalized spacial score (nSPS) is 11.9. The van der Waals surface area contributed by atoms with E-state index in [-0.39, 0.29) is 5.91 Å². The van der Waals surface area contributed by atoms with Crippen LogP contribution in [0.15, 0.2) is 12.3 Å². The first-order valence-corrected chi connectivity index (χ1v) is 7.06. The number of aryl methyl sites for hydroxylation is 2. The zero-order valence-electron chi connectivity index (χ0n) is 13.3. The number of pyridine rings is 1. The number of rotatable bonds is 5. The van der Waals surface area contributed by atoms with Crippen molar-refractivity contribution in [1.82, 2.24) is 25.4 Å². The molecule has 0 aliphatic rings. The molecule has 0 unspecified atom stereocenters. The number of aromatic nitrogens is 3. The van der Waals surface area contributed by atoms with Crippen LogP contribution in [0.4, 0.5) is 0 Å². The van der Waals surface area contributed by atoms with Crippen LogP contribution in [0.1, 0.15) is 25.1 Å². The van der Waals surface area contributed by atoms with Crippen LogP contribution in [-0.4, -0.2) is 34.3 Å².